The molecule has 1 amide bonds. The Morgan fingerprint density at radius 1 is 1.60 bits per heavy atom. The van der Waals surface area contributed by atoms with Crippen LogP contribution >= 0.6 is 11.6 Å². The molecule has 1 atom stereocenters. The molecule has 0 saturated heterocycles. The number of aliphatic hydroxyl groups is 1. The largest absolute Gasteiger partial charge is 0.392 e. The first-order chi connectivity index (χ1) is 7.08. The van der Waals surface area contributed by atoms with Gasteiger partial charge in [-0.05, 0) is 24.6 Å². The van der Waals surface area contributed by atoms with Gasteiger partial charge in [0.1, 0.15) is 0 Å². The van der Waals surface area contributed by atoms with Gasteiger partial charge in [0.05, 0.1) is 19.1 Å². The van der Waals surface area contributed by atoms with E-state index in [9.17, 15) is 9.90 Å². The van der Waals surface area contributed by atoms with Gasteiger partial charge in [-0.25, -0.2) is 0 Å². The first-order valence-electron chi connectivity index (χ1n) is 4.85. The summed E-state index contributed by atoms with van der Waals surface area (Å²) in [6.07, 6.45) is -0.127. The van der Waals surface area contributed by atoms with Crippen LogP contribution in [0.4, 0.5) is 5.69 Å². The molecule has 3 nitrogen and oxygen atoms in total. The van der Waals surface area contributed by atoms with E-state index in [0.29, 0.717) is 18.0 Å². The molecule has 2 rings (SSSR count). The van der Waals surface area contributed by atoms with Crippen molar-refractivity contribution < 1.29 is 9.90 Å². The van der Waals surface area contributed by atoms with Gasteiger partial charge >= 0.3 is 0 Å². The molecule has 1 aromatic rings. The lowest BCUT2D eigenvalue weighted by atomic mass is 10.2. The van der Waals surface area contributed by atoms with Crippen LogP contribution in [0.15, 0.2) is 18.2 Å². The van der Waals surface area contributed by atoms with Gasteiger partial charge < -0.3 is 10.0 Å². The highest BCUT2D eigenvalue weighted by atomic mass is 35.5. The SMILES string of the molecule is CC(O)CN1C(=O)Cc2ccc(Cl)cc21. The topological polar surface area (TPSA) is 40.5 Å². The summed E-state index contributed by atoms with van der Waals surface area (Å²) in [6, 6.07) is 5.40. The number of β-amino-alcohol motifs (C(OH)–C–C–N with tert-alkyl or cyclic N) is 1. The fraction of sp³-hybridized carbons (Fsp3) is 0.364. The van der Waals surface area contributed by atoms with Gasteiger partial charge in [0.25, 0.3) is 0 Å². The molecule has 80 valence electrons. The summed E-state index contributed by atoms with van der Waals surface area (Å²) in [5, 5.41) is 9.91. The third-order valence-corrected chi connectivity index (χ3v) is 2.66. The summed E-state index contributed by atoms with van der Waals surface area (Å²) < 4.78 is 0. The van der Waals surface area contributed by atoms with Crippen LogP contribution in [0.5, 0.6) is 0 Å². The van der Waals surface area contributed by atoms with E-state index in [2.05, 4.69) is 0 Å². The van der Waals surface area contributed by atoms with Crippen LogP contribution in [-0.4, -0.2) is 23.7 Å². The summed E-state index contributed by atoms with van der Waals surface area (Å²) in [5.41, 5.74) is 1.80. The van der Waals surface area contributed by atoms with Gasteiger partial charge in [-0.2, -0.15) is 0 Å². The van der Waals surface area contributed by atoms with Gasteiger partial charge in [-0.1, -0.05) is 17.7 Å². The number of amides is 1. The van der Waals surface area contributed by atoms with Crippen LogP contribution in [0.3, 0.4) is 0 Å². The number of rotatable bonds is 2. The number of carbonyl (C=O) groups is 1. The highest BCUT2D eigenvalue weighted by Crippen LogP contribution is 2.31. The van der Waals surface area contributed by atoms with E-state index in [1.807, 2.05) is 6.07 Å². The summed E-state index contributed by atoms with van der Waals surface area (Å²) >= 11 is 5.87. The molecule has 1 N–H and O–H groups in total. The van der Waals surface area contributed by atoms with Crippen molar-refractivity contribution in [3.05, 3.63) is 28.8 Å². The first-order valence-corrected chi connectivity index (χ1v) is 5.22. The number of hydrogen-bond acceptors (Lipinski definition) is 2. The smallest absolute Gasteiger partial charge is 0.231 e. The van der Waals surface area contributed by atoms with Crippen LogP contribution in [0.25, 0.3) is 0 Å². The molecule has 1 aliphatic rings. The zero-order valence-electron chi connectivity index (χ0n) is 8.40. The normalized spacial score (nSPS) is 16.7. The van der Waals surface area contributed by atoms with Crippen molar-refractivity contribution in [1.29, 1.82) is 0 Å². The molecular weight excluding hydrogens is 214 g/mol. The van der Waals surface area contributed by atoms with Crippen LogP contribution in [0, 0.1) is 0 Å². The van der Waals surface area contributed by atoms with E-state index in [0.717, 1.165) is 11.3 Å². The molecule has 1 aliphatic heterocycles. The van der Waals surface area contributed by atoms with E-state index in [1.165, 1.54) is 0 Å². The molecule has 0 spiro atoms. The molecule has 0 aromatic heterocycles. The first kappa shape index (κ1) is 10.5. The van der Waals surface area contributed by atoms with Crippen LogP contribution in [0.1, 0.15) is 12.5 Å². The van der Waals surface area contributed by atoms with E-state index >= 15 is 0 Å². The number of fused-ring (bicyclic) bond motifs is 1. The minimum Gasteiger partial charge on any atom is -0.392 e. The third-order valence-electron chi connectivity index (χ3n) is 2.43. The number of carbonyl (C=O) groups excluding carboxylic acids is 1. The van der Waals surface area contributed by atoms with E-state index < -0.39 is 6.10 Å². The Kier molecular flexibility index (Phi) is 2.67. The maximum atomic E-state index is 11.6. The molecule has 1 aromatic carbocycles. The van der Waals surface area contributed by atoms with Crippen LogP contribution < -0.4 is 4.90 Å². The van der Waals surface area contributed by atoms with Gasteiger partial charge in [-0.15, -0.1) is 0 Å². The summed E-state index contributed by atoms with van der Waals surface area (Å²) in [5.74, 6) is 0.0215. The zero-order chi connectivity index (χ0) is 11.0. The number of benzene rings is 1. The number of anilines is 1. The maximum Gasteiger partial charge on any atom is 0.231 e. The molecule has 0 saturated carbocycles. The minimum atomic E-state index is -0.529. The molecule has 0 radical (unpaired) electrons. The highest BCUT2D eigenvalue weighted by Gasteiger charge is 2.27. The molecular formula is C11H12ClNO2. The molecule has 15 heavy (non-hydrogen) atoms. The molecule has 1 unspecified atom stereocenters. The number of halogens is 1. The average molecular weight is 226 g/mol. The lowest BCUT2D eigenvalue weighted by molar-refractivity contribution is -0.117. The van der Waals surface area contributed by atoms with Gasteiger partial charge in [0.15, 0.2) is 0 Å². The summed E-state index contributed by atoms with van der Waals surface area (Å²) in [6.45, 7) is 1.99. The van der Waals surface area contributed by atoms with Crippen LogP contribution in [0.2, 0.25) is 5.02 Å². The van der Waals surface area contributed by atoms with E-state index in [1.54, 1.807) is 24.0 Å². The van der Waals surface area contributed by atoms with E-state index in [4.69, 9.17) is 11.6 Å². The quantitative estimate of drug-likeness (QED) is 0.831. The Balaban J connectivity index is 2.35. The minimum absolute atomic E-state index is 0.0215. The van der Waals surface area contributed by atoms with Gasteiger partial charge in [-0.3, -0.25) is 4.79 Å². The second kappa shape index (κ2) is 3.83. The lowest BCUT2D eigenvalue weighted by Crippen LogP contribution is -2.33. The average Bonchev–Trinajstić information content (AvgIpc) is 2.43. The van der Waals surface area contributed by atoms with Crippen LogP contribution in [-0.2, 0) is 11.2 Å². The van der Waals surface area contributed by atoms with E-state index in [-0.39, 0.29) is 5.91 Å². The number of nitrogens with zero attached hydrogens (tertiary/aromatic N) is 1. The van der Waals surface area contributed by atoms with Crippen molar-refractivity contribution in [2.75, 3.05) is 11.4 Å². The van der Waals surface area contributed by atoms with Crippen molar-refractivity contribution >= 4 is 23.2 Å². The van der Waals surface area contributed by atoms with Crippen molar-refractivity contribution in [3.63, 3.8) is 0 Å². The fourth-order valence-electron chi connectivity index (χ4n) is 1.79. The predicted octanol–water partition coefficient (Wildman–Crippen LogP) is 1.61. The third kappa shape index (κ3) is 1.98. The Morgan fingerprint density at radius 2 is 2.33 bits per heavy atom. The molecule has 0 fully saturated rings. The summed E-state index contributed by atoms with van der Waals surface area (Å²) in [4.78, 5) is 13.2. The Labute approximate surface area is 93.3 Å². The lowest BCUT2D eigenvalue weighted by Gasteiger charge is -2.19. The summed E-state index contributed by atoms with van der Waals surface area (Å²) in [7, 11) is 0. The Bertz CT molecular complexity index is 404. The number of aliphatic hydroxyl groups excluding tert-OH is 1. The second-order valence-corrected chi connectivity index (χ2v) is 4.24. The predicted molar refractivity (Wildman–Crippen MR) is 59.2 cm³/mol. The van der Waals surface area contributed by atoms with Gasteiger partial charge in [0.2, 0.25) is 5.91 Å². The molecule has 4 heteroatoms. The monoisotopic (exact) mass is 225 g/mol. The molecule has 0 bridgehead atoms. The Hall–Kier alpha value is -1.06. The highest BCUT2D eigenvalue weighted by molar-refractivity contribution is 6.31. The van der Waals surface area contributed by atoms with Crippen molar-refractivity contribution in [2.24, 2.45) is 0 Å². The molecule has 1 heterocycles. The fourth-order valence-corrected chi connectivity index (χ4v) is 1.96. The standard InChI is InChI=1S/C11H12ClNO2/c1-7(14)6-13-10-5-9(12)3-2-8(10)4-11(13)15/h2-3,5,7,14H,4,6H2,1H3. The van der Waals surface area contributed by atoms with Crippen molar-refractivity contribution in [2.45, 2.75) is 19.4 Å². The zero-order valence-corrected chi connectivity index (χ0v) is 9.16. The van der Waals surface area contributed by atoms with Crippen molar-refractivity contribution in [1.82, 2.24) is 0 Å². The van der Waals surface area contributed by atoms with Gasteiger partial charge in [0, 0.05) is 10.7 Å². The maximum absolute atomic E-state index is 11.6. The Morgan fingerprint density at radius 3 is 3.00 bits per heavy atom. The molecule has 0 aliphatic carbocycles. The second-order valence-electron chi connectivity index (χ2n) is 3.80. The number of hydrogen-bond donors (Lipinski definition) is 1. The van der Waals surface area contributed by atoms with Crippen molar-refractivity contribution in [3.8, 4) is 0 Å².